The molecule has 0 saturated heterocycles. The lowest BCUT2D eigenvalue weighted by Gasteiger charge is -2.19. The quantitative estimate of drug-likeness (QED) is 0.506. The van der Waals surface area contributed by atoms with Crippen molar-refractivity contribution in [3.05, 3.63) is 67.1 Å². The minimum atomic E-state index is -0.393. The largest absolute Gasteiger partial charge is 0.378 e. The second kappa shape index (κ2) is 7.04. The first-order valence-electron chi connectivity index (χ1n) is 6.47. The number of anilines is 1. The van der Waals surface area contributed by atoms with Crippen molar-refractivity contribution in [3.63, 3.8) is 0 Å². The Morgan fingerprint density at radius 2 is 1.86 bits per heavy atom. The van der Waals surface area contributed by atoms with E-state index in [1.54, 1.807) is 12.1 Å². The third-order valence-electron chi connectivity index (χ3n) is 3.16. The van der Waals surface area contributed by atoms with Gasteiger partial charge in [0.25, 0.3) is 5.69 Å². The lowest BCUT2D eigenvalue weighted by atomic mass is 10.0. The average molecular weight is 414 g/mol. The summed E-state index contributed by atoms with van der Waals surface area (Å²) in [6.45, 7) is 2.08. The molecule has 1 atom stereocenters. The van der Waals surface area contributed by atoms with E-state index in [4.69, 9.17) is 0 Å². The highest BCUT2D eigenvalue weighted by Gasteiger charge is 2.15. The Kier molecular flexibility index (Phi) is 5.36. The molecule has 0 aromatic heterocycles. The van der Waals surface area contributed by atoms with Crippen LogP contribution in [0.2, 0.25) is 0 Å². The van der Waals surface area contributed by atoms with Gasteiger partial charge in [0.1, 0.15) is 0 Å². The normalized spacial score (nSPS) is 12.0. The van der Waals surface area contributed by atoms with Crippen molar-refractivity contribution in [1.29, 1.82) is 0 Å². The summed E-state index contributed by atoms with van der Waals surface area (Å²) in [5.74, 6) is 0. The molecule has 1 N–H and O–H groups in total. The summed E-state index contributed by atoms with van der Waals surface area (Å²) in [5.41, 5.74) is 1.94. The van der Waals surface area contributed by atoms with E-state index in [1.807, 2.05) is 30.3 Å². The zero-order valence-electron chi connectivity index (χ0n) is 11.3. The van der Waals surface area contributed by atoms with Gasteiger partial charge in [-0.05, 0) is 52.2 Å². The van der Waals surface area contributed by atoms with Crippen LogP contribution in [0, 0.1) is 10.1 Å². The van der Waals surface area contributed by atoms with Gasteiger partial charge >= 0.3 is 0 Å². The van der Waals surface area contributed by atoms with E-state index in [2.05, 4.69) is 44.1 Å². The van der Waals surface area contributed by atoms with Gasteiger partial charge in [-0.25, -0.2) is 0 Å². The van der Waals surface area contributed by atoms with Crippen molar-refractivity contribution in [1.82, 2.24) is 0 Å². The molecule has 0 radical (unpaired) electrons. The Labute approximate surface area is 140 Å². The standard InChI is InChI=1S/C15H14Br2N2O2/c1-2-14(10-3-5-11(16)6-4-10)18-12-7-8-13(17)15(9-12)19(20)21/h3-9,14,18H,2H2,1H3. The van der Waals surface area contributed by atoms with Crippen LogP contribution in [0.15, 0.2) is 51.4 Å². The van der Waals surface area contributed by atoms with Gasteiger partial charge in [-0.3, -0.25) is 10.1 Å². The third kappa shape index (κ3) is 4.04. The maximum absolute atomic E-state index is 11.0. The summed E-state index contributed by atoms with van der Waals surface area (Å²) in [4.78, 5) is 10.6. The van der Waals surface area contributed by atoms with E-state index in [9.17, 15) is 10.1 Å². The Balaban J connectivity index is 2.24. The molecule has 2 aromatic carbocycles. The molecule has 4 nitrogen and oxygen atoms in total. The van der Waals surface area contributed by atoms with Crippen LogP contribution in [0.5, 0.6) is 0 Å². The fourth-order valence-corrected chi connectivity index (χ4v) is 2.72. The van der Waals surface area contributed by atoms with Crippen molar-refractivity contribution in [3.8, 4) is 0 Å². The monoisotopic (exact) mass is 412 g/mol. The van der Waals surface area contributed by atoms with Gasteiger partial charge in [0.2, 0.25) is 0 Å². The lowest BCUT2D eigenvalue weighted by Crippen LogP contribution is -2.09. The predicted molar refractivity (Wildman–Crippen MR) is 91.6 cm³/mol. The number of rotatable bonds is 5. The highest BCUT2D eigenvalue weighted by Crippen LogP contribution is 2.30. The first kappa shape index (κ1) is 16.0. The van der Waals surface area contributed by atoms with Crippen LogP contribution in [0.1, 0.15) is 24.9 Å². The summed E-state index contributed by atoms with van der Waals surface area (Å²) in [6.07, 6.45) is 0.880. The number of nitro benzene ring substituents is 1. The van der Waals surface area contributed by atoms with Gasteiger partial charge in [0.15, 0.2) is 0 Å². The molecule has 0 bridgehead atoms. The molecule has 2 rings (SSSR count). The van der Waals surface area contributed by atoms with Crippen LogP contribution in [-0.4, -0.2) is 4.92 Å². The molecule has 0 aliphatic heterocycles. The van der Waals surface area contributed by atoms with Crippen molar-refractivity contribution in [2.45, 2.75) is 19.4 Å². The fourth-order valence-electron chi connectivity index (χ4n) is 2.06. The van der Waals surface area contributed by atoms with Crippen LogP contribution >= 0.6 is 31.9 Å². The Morgan fingerprint density at radius 3 is 2.43 bits per heavy atom. The summed E-state index contributed by atoms with van der Waals surface area (Å²) in [7, 11) is 0. The number of nitrogens with zero attached hydrogens (tertiary/aromatic N) is 1. The molecule has 0 spiro atoms. The fraction of sp³-hybridized carbons (Fsp3) is 0.200. The molecular weight excluding hydrogens is 400 g/mol. The van der Waals surface area contributed by atoms with Gasteiger partial charge in [-0.2, -0.15) is 0 Å². The number of nitrogens with one attached hydrogen (secondary N) is 1. The van der Waals surface area contributed by atoms with E-state index in [1.165, 1.54) is 0 Å². The number of halogens is 2. The highest BCUT2D eigenvalue weighted by molar-refractivity contribution is 9.10. The molecule has 110 valence electrons. The topological polar surface area (TPSA) is 55.2 Å². The van der Waals surface area contributed by atoms with Gasteiger partial charge in [0.05, 0.1) is 15.4 Å². The van der Waals surface area contributed by atoms with Gasteiger partial charge in [-0.15, -0.1) is 0 Å². The SMILES string of the molecule is CCC(Nc1ccc(Br)c([N+](=O)[O-])c1)c1ccc(Br)cc1. The van der Waals surface area contributed by atoms with Crippen molar-refractivity contribution >= 4 is 43.2 Å². The van der Waals surface area contributed by atoms with Crippen molar-refractivity contribution in [2.75, 3.05) is 5.32 Å². The van der Waals surface area contributed by atoms with Gasteiger partial charge in [0, 0.05) is 16.2 Å². The van der Waals surface area contributed by atoms with Crippen molar-refractivity contribution in [2.24, 2.45) is 0 Å². The molecule has 6 heteroatoms. The van der Waals surface area contributed by atoms with Crippen molar-refractivity contribution < 1.29 is 4.92 Å². The number of nitro groups is 1. The molecule has 0 amide bonds. The summed E-state index contributed by atoms with van der Waals surface area (Å²) < 4.78 is 1.51. The molecule has 1 unspecified atom stereocenters. The van der Waals surface area contributed by atoms with E-state index in [0.29, 0.717) is 4.47 Å². The molecule has 0 aliphatic rings. The molecule has 2 aromatic rings. The van der Waals surface area contributed by atoms with E-state index in [0.717, 1.165) is 22.1 Å². The number of hydrogen-bond donors (Lipinski definition) is 1. The molecule has 21 heavy (non-hydrogen) atoms. The summed E-state index contributed by atoms with van der Waals surface area (Å²) >= 11 is 6.61. The average Bonchev–Trinajstić information content (AvgIpc) is 2.47. The van der Waals surface area contributed by atoms with Crippen LogP contribution in [-0.2, 0) is 0 Å². The van der Waals surface area contributed by atoms with Crippen LogP contribution in [0.25, 0.3) is 0 Å². The molecule has 0 heterocycles. The lowest BCUT2D eigenvalue weighted by molar-refractivity contribution is -0.385. The minimum absolute atomic E-state index is 0.0608. The number of benzene rings is 2. The van der Waals surface area contributed by atoms with E-state index in [-0.39, 0.29) is 11.7 Å². The Bertz CT molecular complexity index is 645. The molecule has 0 fully saturated rings. The maximum atomic E-state index is 11.0. The van der Waals surface area contributed by atoms with E-state index < -0.39 is 4.92 Å². The first-order valence-corrected chi connectivity index (χ1v) is 8.05. The second-order valence-electron chi connectivity index (χ2n) is 4.58. The second-order valence-corrected chi connectivity index (χ2v) is 6.35. The van der Waals surface area contributed by atoms with Crippen LogP contribution in [0.4, 0.5) is 11.4 Å². The first-order chi connectivity index (χ1) is 10.0. The summed E-state index contributed by atoms with van der Waals surface area (Å²) in [6, 6.07) is 13.2. The predicted octanol–water partition coefficient (Wildman–Crippen LogP) is 5.68. The molecule has 0 saturated carbocycles. The third-order valence-corrected chi connectivity index (χ3v) is 4.36. The number of hydrogen-bond acceptors (Lipinski definition) is 3. The molecular formula is C15H14Br2N2O2. The van der Waals surface area contributed by atoms with Gasteiger partial charge in [-0.1, -0.05) is 35.0 Å². The minimum Gasteiger partial charge on any atom is -0.378 e. The smallest absolute Gasteiger partial charge is 0.285 e. The zero-order chi connectivity index (χ0) is 15.4. The van der Waals surface area contributed by atoms with Crippen LogP contribution in [0.3, 0.4) is 0 Å². The molecule has 0 aliphatic carbocycles. The maximum Gasteiger partial charge on any atom is 0.285 e. The Morgan fingerprint density at radius 1 is 1.19 bits per heavy atom. The van der Waals surface area contributed by atoms with E-state index >= 15 is 0 Å². The summed E-state index contributed by atoms with van der Waals surface area (Å²) in [5, 5.41) is 14.3. The van der Waals surface area contributed by atoms with Crippen LogP contribution < -0.4 is 5.32 Å². The zero-order valence-corrected chi connectivity index (χ0v) is 14.5. The van der Waals surface area contributed by atoms with Gasteiger partial charge < -0.3 is 5.32 Å². The Hall–Kier alpha value is -1.40. The highest BCUT2D eigenvalue weighted by atomic mass is 79.9.